The van der Waals surface area contributed by atoms with E-state index < -0.39 is 0 Å². The van der Waals surface area contributed by atoms with Crippen LogP contribution in [0.2, 0.25) is 0 Å². The number of amides is 1. The van der Waals surface area contributed by atoms with Crippen LogP contribution in [0.5, 0.6) is 0 Å². The molecule has 1 heterocycles. The van der Waals surface area contributed by atoms with Crippen molar-refractivity contribution in [1.82, 2.24) is 14.9 Å². The Morgan fingerprint density at radius 2 is 2.07 bits per heavy atom. The van der Waals surface area contributed by atoms with E-state index in [4.69, 9.17) is 0 Å². The molecule has 3 rings (SSSR count). The number of nitrogens with zero attached hydrogens (tertiary/aromatic N) is 2. The van der Waals surface area contributed by atoms with E-state index in [2.05, 4.69) is 15.6 Å². The fourth-order valence-corrected chi connectivity index (χ4v) is 3.45. The number of imidazole rings is 1. The second-order valence-electron chi connectivity index (χ2n) is 7.25. The Kier molecular flexibility index (Phi) is 7.70. The van der Waals surface area contributed by atoms with Crippen LogP contribution in [0.25, 0.3) is 0 Å². The van der Waals surface area contributed by atoms with Crippen LogP contribution < -0.4 is 10.6 Å². The van der Waals surface area contributed by atoms with Gasteiger partial charge in [-0.25, -0.2) is 9.37 Å². The number of nitrogens with one attached hydrogen (secondary N) is 2. The average Bonchev–Trinajstić information content (AvgIpc) is 3.17. The Bertz CT molecular complexity index is 973. The molecule has 3 aromatic rings. The van der Waals surface area contributed by atoms with Gasteiger partial charge in [-0.05, 0) is 55.2 Å². The van der Waals surface area contributed by atoms with Gasteiger partial charge in [-0.3, -0.25) is 4.79 Å². The summed E-state index contributed by atoms with van der Waals surface area (Å²) in [5.74, 6) is -0.428. The lowest BCUT2D eigenvalue weighted by molar-refractivity contribution is -0.115. The highest BCUT2D eigenvalue weighted by Gasteiger charge is 2.17. The number of hydrogen-bond acceptors (Lipinski definition) is 4. The van der Waals surface area contributed by atoms with E-state index in [1.165, 1.54) is 12.1 Å². The number of carbonyl (C=O) groups is 1. The van der Waals surface area contributed by atoms with E-state index in [0.717, 1.165) is 22.5 Å². The SMILES string of the molecule is Cc1cccc(NC(=O)CNCc2cncn2C(CCCO)c2cccc(F)c2)c1. The highest BCUT2D eigenvalue weighted by atomic mass is 19.1. The van der Waals surface area contributed by atoms with Crippen molar-refractivity contribution in [3.05, 3.63) is 83.7 Å². The minimum atomic E-state index is -0.297. The summed E-state index contributed by atoms with van der Waals surface area (Å²) in [5.41, 5.74) is 3.54. The molecule has 1 amide bonds. The monoisotopic (exact) mass is 410 g/mol. The molecule has 2 aromatic carbocycles. The molecule has 0 aliphatic carbocycles. The Labute approximate surface area is 175 Å². The van der Waals surface area contributed by atoms with Gasteiger partial charge in [0.2, 0.25) is 5.91 Å². The van der Waals surface area contributed by atoms with E-state index in [0.29, 0.717) is 19.4 Å². The van der Waals surface area contributed by atoms with Crippen LogP contribution in [0.3, 0.4) is 0 Å². The fraction of sp³-hybridized carbons (Fsp3) is 0.304. The first-order valence-electron chi connectivity index (χ1n) is 10.0. The normalized spacial score (nSPS) is 12.0. The van der Waals surface area contributed by atoms with E-state index in [1.54, 1.807) is 18.6 Å². The molecule has 1 aromatic heterocycles. The van der Waals surface area contributed by atoms with Gasteiger partial charge >= 0.3 is 0 Å². The summed E-state index contributed by atoms with van der Waals surface area (Å²) >= 11 is 0. The Morgan fingerprint density at radius 1 is 1.23 bits per heavy atom. The molecular weight excluding hydrogens is 383 g/mol. The van der Waals surface area contributed by atoms with Crippen molar-refractivity contribution in [2.75, 3.05) is 18.5 Å². The molecule has 30 heavy (non-hydrogen) atoms. The zero-order valence-corrected chi connectivity index (χ0v) is 17.0. The number of aromatic nitrogens is 2. The van der Waals surface area contributed by atoms with Gasteiger partial charge in [-0.1, -0.05) is 24.3 Å². The van der Waals surface area contributed by atoms with Gasteiger partial charge < -0.3 is 20.3 Å². The molecule has 6 nitrogen and oxygen atoms in total. The number of hydrogen-bond donors (Lipinski definition) is 3. The van der Waals surface area contributed by atoms with Crippen LogP contribution in [0.1, 0.15) is 35.7 Å². The zero-order chi connectivity index (χ0) is 21.3. The number of rotatable bonds is 10. The summed E-state index contributed by atoms with van der Waals surface area (Å²) < 4.78 is 15.7. The summed E-state index contributed by atoms with van der Waals surface area (Å²) in [7, 11) is 0. The van der Waals surface area contributed by atoms with E-state index in [1.807, 2.05) is 41.8 Å². The average molecular weight is 410 g/mol. The minimum Gasteiger partial charge on any atom is -0.396 e. The third kappa shape index (κ3) is 5.98. The lowest BCUT2D eigenvalue weighted by atomic mass is 10.0. The molecule has 158 valence electrons. The topological polar surface area (TPSA) is 79.2 Å². The Balaban J connectivity index is 1.63. The van der Waals surface area contributed by atoms with Crippen molar-refractivity contribution in [3.63, 3.8) is 0 Å². The number of anilines is 1. The van der Waals surface area contributed by atoms with E-state index in [-0.39, 0.29) is 30.9 Å². The van der Waals surface area contributed by atoms with Gasteiger partial charge in [-0.15, -0.1) is 0 Å². The highest BCUT2D eigenvalue weighted by molar-refractivity contribution is 5.92. The largest absolute Gasteiger partial charge is 0.396 e. The molecule has 0 bridgehead atoms. The van der Waals surface area contributed by atoms with Gasteiger partial charge in [0.1, 0.15) is 5.82 Å². The molecule has 0 radical (unpaired) electrons. The summed E-state index contributed by atoms with van der Waals surface area (Å²) in [6.45, 7) is 2.63. The van der Waals surface area contributed by atoms with Crippen LogP contribution in [0, 0.1) is 12.7 Å². The lowest BCUT2D eigenvalue weighted by Gasteiger charge is -2.22. The summed E-state index contributed by atoms with van der Waals surface area (Å²) in [6, 6.07) is 14.0. The maximum Gasteiger partial charge on any atom is 0.238 e. The number of carbonyl (C=O) groups excluding carboxylic acids is 1. The smallest absolute Gasteiger partial charge is 0.238 e. The van der Waals surface area contributed by atoms with Gasteiger partial charge in [0.05, 0.1) is 24.6 Å². The van der Waals surface area contributed by atoms with Gasteiger partial charge in [0.25, 0.3) is 0 Å². The van der Waals surface area contributed by atoms with Crippen LogP contribution in [-0.4, -0.2) is 33.7 Å². The number of halogens is 1. The molecular formula is C23H27FN4O2. The summed E-state index contributed by atoms with van der Waals surface area (Å²) in [6.07, 6.45) is 4.68. The second-order valence-corrected chi connectivity index (χ2v) is 7.25. The Morgan fingerprint density at radius 3 is 2.83 bits per heavy atom. The number of aliphatic hydroxyl groups excluding tert-OH is 1. The predicted molar refractivity (Wildman–Crippen MR) is 115 cm³/mol. The minimum absolute atomic E-state index is 0.0627. The first kappa shape index (κ1) is 21.7. The molecule has 0 saturated carbocycles. The van der Waals surface area contributed by atoms with Gasteiger partial charge in [0, 0.05) is 25.0 Å². The zero-order valence-electron chi connectivity index (χ0n) is 17.0. The molecule has 7 heteroatoms. The Hall–Kier alpha value is -3.03. The maximum atomic E-state index is 13.8. The van der Waals surface area contributed by atoms with Crippen LogP contribution >= 0.6 is 0 Å². The number of benzene rings is 2. The third-order valence-corrected chi connectivity index (χ3v) is 4.84. The van der Waals surface area contributed by atoms with Crippen molar-refractivity contribution in [1.29, 1.82) is 0 Å². The molecule has 0 aliphatic heterocycles. The first-order chi connectivity index (χ1) is 14.6. The van der Waals surface area contributed by atoms with Crippen molar-refractivity contribution >= 4 is 11.6 Å². The van der Waals surface area contributed by atoms with Crippen molar-refractivity contribution in [3.8, 4) is 0 Å². The van der Waals surface area contributed by atoms with Crippen molar-refractivity contribution < 1.29 is 14.3 Å². The molecule has 0 aliphatic rings. The molecule has 3 N–H and O–H groups in total. The van der Waals surface area contributed by atoms with Crippen molar-refractivity contribution in [2.24, 2.45) is 0 Å². The van der Waals surface area contributed by atoms with Crippen LogP contribution in [0.15, 0.2) is 61.1 Å². The van der Waals surface area contributed by atoms with Crippen LogP contribution in [-0.2, 0) is 11.3 Å². The molecule has 0 spiro atoms. The molecule has 1 unspecified atom stereocenters. The van der Waals surface area contributed by atoms with E-state index >= 15 is 0 Å². The summed E-state index contributed by atoms with van der Waals surface area (Å²) in [4.78, 5) is 16.4. The van der Waals surface area contributed by atoms with Crippen molar-refractivity contribution in [2.45, 2.75) is 32.4 Å². The number of aliphatic hydroxyl groups is 1. The third-order valence-electron chi connectivity index (χ3n) is 4.84. The number of aryl methyl sites for hydroxylation is 1. The summed E-state index contributed by atoms with van der Waals surface area (Å²) in [5, 5.41) is 15.3. The molecule has 1 atom stereocenters. The molecule has 0 saturated heterocycles. The van der Waals surface area contributed by atoms with Gasteiger partial charge in [-0.2, -0.15) is 0 Å². The maximum absolute atomic E-state index is 13.8. The second kappa shape index (κ2) is 10.7. The van der Waals surface area contributed by atoms with Gasteiger partial charge in [0.15, 0.2) is 0 Å². The molecule has 0 fully saturated rings. The van der Waals surface area contributed by atoms with Crippen LogP contribution in [0.4, 0.5) is 10.1 Å². The highest BCUT2D eigenvalue weighted by Crippen LogP contribution is 2.25. The quantitative estimate of drug-likeness (QED) is 0.479. The predicted octanol–water partition coefficient (Wildman–Crippen LogP) is 3.42. The lowest BCUT2D eigenvalue weighted by Crippen LogP contribution is -2.29. The standard InChI is InChI=1S/C23H27FN4O2/c1-17-5-2-8-20(11-17)27-23(30)15-25-13-21-14-26-16-28(21)22(9-4-10-29)18-6-3-7-19(24)12-18/h2-3,5-8,11-12,14,16,22,25,29H,4,9-10,13,15H2,1H3,(H,27,30). The first-order valence-corrected chi connectivity index (χ1v) is 10.0. The fourth-order valence-electron chi connectivity index (χ4n) is 3.45. The van der Waals surface area contributed by atoms with E-state index in [9.17, 15) is 14.3 Å².